The van der Waals surface area contributed by atoms with Crippen LogP contribution in [0.3, 0.4) is 0 Å². The number of fused-ring (bicyclic) bond motifs is 1. The molecule has 0 amide bonds. The van der Waals surface area contributed by atoms with Gasteiger partial charge in [0.05, 0.1) is 17.2 Å². The monoisotopic (exact) mass is 319 g/mol. The van der Waals surface area contributed by atoms with E-state index in [-0.39, 0.29) is 22.4 Å². The molecule has 0 saturated carbocycles. The van der Waals surface area contributed by atoms with E-state index in [9.17, 15) is 18.0 Å². The second kappa shape index (κ2) is 5.51. The highest BCUT2D eigenvalue weighted by Crippen LogP contribution is 2.19. The third kappa shape index (κ3) is 2.59. The normalized spacial score (nSPS) is 12.6. The lowest BCUT2D eigenvalue weighted by molar-refractivity contribution is 0.579. The summed E-state index contributed by atoms with van der Waals surface area (Å²) in [6.07, 6.45) is 0. The first-order valence-electron chi connectivity index (χ1n) is 6.81. The van der Waals surface area contributed by atoms with Gasteiger partial charge in [-0.1, -0.05) is 6.07 Å². The fourth-order valence-corrected chi connectivity index (χ4v) is 2.43. The number of rotatable bonds is 2. The summed E-state index contributed by atoms with van der Waals surface area (Å²) in [5.41, 5.74) is 5.08. The van der Waals surface area contributed by atoms with E-state index in [1.54, 1.807) is 6.92 Å². The number of aromatic nitrogens is 2. The molecule has 1 unspecified atom stereocenters. The van der Waals surface area contributed by atoms with Gasteiger partial charge in [0.1, 0.15) is 28.7 Å². The number of hydrogen-bond donors (Lipinski definition) is 1. The molecule has 0 aliphatic heterocycles. The van der Waals surface area contributed by atoms with E-state index in [0.717, 1.165) is 22.8 Å². The van der Waals surface area contributed by atoms with Gasteiger partial charge in [0.25, 0.3) is 5.56 Å². The van der Waals surface area contributed by atoms with Gasteiger partial charge in [-0.15, -0.1) is 0 Å². The SMILES string of the molecule is CC(N)c1nc2cccc(F)c2c(=O)n1-c1cc(F)cc(F)c1. The first-order chi connectivity index (χ1) is 10.9. The van der Waals surface area contributed by atoms with Crippen LogP contribution in [0.25, 0.3) is 16.6 Å². The molecule has 0 bridgehead atoms. The Morgan fingerprint density at radius 2 is 1.78 bits per heavy atom. The quantitative estimate of drug-likeness (QED) is 0.790. The summed E-state index contributed by atoms with van der Waals surface area (Å²) in [6, 6.07) is 5.91. The van der Waals surface area contributed by atoms with Crippen LogP contribution < -0.4 is 11.3 Å². The Kier molecular flexibility index (Phi) is 3.65. The minimum Gasteiger partial charge on any atom is -0.322 e. The average molecular weight is 319 g/mol. The van der Waals surface area contributed by atoms with Crippen molar-refractivity contribution in [2.24, 2.45) is 5.73 Å². The summed E-state index contributed by atoms with van der Waals surface area (Å²) in [6.45, 7) is 1.57. The van der Waals surface area contributed by atoms with Crippen LogP contribution in [0.1, 0.15) is 18.8 Å². The molecule has 0 spiro atoms. The molecule has 2 N–H and O–H groups in total. The molecule has 4 nitrogen and oxygen atoms in total. The third-order valence-corrected chi connectivity index (χ3v) is 3.39. The summed E-state index contributed by atoms with van der Waals surface area (Å²) in [5.74, 6) is -2.41. The summed E-state index contributed by atoms with van der Waals surface area (Å²) in [5, 5.41) is -0.262. The second-order valence-electron chi connectivity index (χ2n) is 5.16. The van der Waals surface area contributed by atoms with Gasteiger partial charge < -0.3 is 5.73 Å². The first kappa shape index (κ1) is 15.2. The smallest absolute Gasteiger partial charge is 0.269 e. The van der Waals surface area contributed by atoms with Crippen LogP contribution in [-0.2, 0) is 0 Å². The molecule has 1 atom stereocenters. The van der Waals surface area contributed by atoms with Crippen molar-refractivity contribution in [3.05, 3.63) is 70.0 Å². The largest absolute Gasteiger partial charge is 0.322 e. The zero-order chi connectivity index (χ0) is 16.7. The van der Waals surface area contributed by atoms with Crippen molar-refractivity contribution in [1.82, 2.24) is 9.55 Å². The van der Waals surface area contributed by atoms with Gasteiger partial charge in [-0.2, -0.15) is 0 Å². The van der Waals surface area contributed by atoms with E-state index in [1.165, 1.54) is 12.1 Å². The lowest BCUT2D eigenvalue weighted by atomic mass is 10.2. The molecular formula is C16H12F3N3O. The van der Waals surface area contributed by atoms with Gasteiger partial charge in [-0.05, 0) is 31.2 Å². The van der Waals surface area contributed by atoms with Crippen LogP contribution in [-0.4, -0.2) is 9.55 Å². The van der Waals surface area contributed by atoms with Crippen molar-refractivity contribution < 1.29 is 13.2 Å². The molecule has 0 aliphatic rings. The van der Waals surface area contributed by atoms with Crippen LogP contribution in [0.2, 0.25) is 0 Å². The molecule has 3 rings (SSSR count). The minimum absolute atomic E-state index is 0.0816. The Balaban J connectivity index is 2.47. The maximum Gasteiger partial charge on any atom is 0.269 e. The van der Waals surface area contributed by atoms with Gasteiger partial charge in [-0.25, -0.2) is 18.2 Å². The molecule has 2 aromatic carbocycles. The lowest BCUT2D eigenvalue weighted by Gasteiger charge is -2.16. The topological polar surface area (TPSA) is 60.9 Å². The molecule has 1 heterocycles. The van der Waals surface area contributed by atoms with Crippen LogP contribution in [0, 0.1) is 17.5 Å². The van der Waals surface area contributed by atoms with Crippen molar-refractivity contribution in [2.75, 3.05) is 0 Å². The molecule has 23 heavy (non-hydrogen) atoms. The van der Waals surface area contributed by atoms with Crippen LogP contribution >= 0.6 is 0 Å². The van der Waals surface area contributed by atoms with E-state index < -0.39 is 29.1 Å². The molecule has 0 fully saturated rings. The molecule has 0 aliphatic carbocycles. The molecular weight excluding hydrogens is 307 g/mol. The minimum atomic E-state index is -0.865. The van der Waals surface area contributed by atoms with Crippen LogP contribution in [0.4, 0.5) is 13.2 Å². The van der Waals surface area contributed by atoms with E-state index in [2.05, 4.69) is 4.98 Å². The number of nitrogens with zero attached hydrogens (tertiary/aromatic N) is 2. The Bertz CT molecular complexity index is 946. The standard InChI is InChI=1S/C16H12F3N3O/c1-8(20)15-21-13-4-2-3-12(19)14(13)16(23)22(15)11-6-9(17)5-10(18)7-11/h2-8H,20H2,1H3. The van der Waals surface area contributed by atoms with Gasteiger partial charge in [0, 0.05) is 6.07 Å². The summed E-state index contributed by atoms with van der Waals surface area (Å²) < 4.78 is 41.9. The van der Waals surface area contributed by atoms with E-state index in [4.69, 9.17) is 5.73 Å². The number of nitrogens with two attached hydrogens (primary N) is 1. The molecule has 7 heteroatoms. The Hall–Kier alpha value is -2.67. The van der Waals surface area contributed by atoms with Crippen LogP contribution in [0.5, 0.6) is 0 Å². The van der Waals surface area contributed by atoms with E-state index >= 15 is 0 Å². The highest BCUT2D eigenvalue weighted by molar-refractivity contribution is 5.78. The predicted octanol–water partition coefficient (Wildman–Crippen LogP) is 2.82. The van der Waals surface area contributed by atoms with Gasteiger partial charge in [0.15, 0.2) is 0 Å². The predicted molar refractivity (Wildman–Crippen MR) is 79.8 cm³/mol. The molecule has 0 radical (unpaired) electrons. The lowest BCUT2D eigenvalue weighted by Crippen LogP contribution is -2.28. The average Bonchev–Trinajstić information content (AvgIpc) is 2.45. The highest BCUT2D eigenvalue weighted by atomic mass is 19.1. The third-order valence-electron chi connectivity index (χ3n) is 3.39. The first-order valence-corrected chi connectivity index (χ1v) is 6.81. The molecule has 0 saturated heterocycles. The number of hydrogen-bond acceptors (Lipinski definition) is 3. The van der Waals surface area contributed by atoms with Crippen LogP contribution in [0.15, 0.2) is 41.2 Å². The maximum atomic E-state index is 14.0. The fraction of sp³-hybridized carbons (Fsp3) is 0.125. The number of halogens is 3. The Labute approximate surface area is 129 Å². The maximum absolute atomic E-state index is 14.0. The van der Waals surface area contributed by atoms with Crippen molar-refractivity contribution >= 4 is 10.9 Å². The molecule has 118 valence electrons. The zero-order valence-corrected chi connectivity index (χ0v) is 12.1. The second-order valence-corrected chi connectivity index (χ2v) is 5.16. The zero-order valence-electron chi connectivity index (χ0n) is 12.1. The summed E-state index contributed by atoms with van der Waals surface area (Å²) >= 11 is 0. The molecule has 1 aromatic heterocycles. The van der Waals surface area contributed by atoms with Crippen molar-refractivity contribution in [3.8, 4) is 5.69 Å². The molecule has 3 aromatic rings. The summed E-state index contributed by atoms with van der Waals surface area (Å²) in [7, 11) is 0. The van der Waals surface area contributed by atoms with Crippen molar-refractivity contribution in [1.29, 1.82) is 0 Å². The van der Waals surface area contributed by atoms with Crippen molar-refractivity contribution in [3.63, 3.8) is 0 Å². The van der Waals surface area contributed by atoms with Crippen molar-refractivity contribution in [2.45, 2.75) is 13.0 Å². The van der Waals surface area contributed by atoms with Gasteiger partial charge >= 0.3 is 0 Å². The summed E-state index contributed by atoms with van der Waals surface area (Å²) in [4.78, 5) is 16.9. The van der Waals surface area contributed by atoms with Gasteiger partial charge in [-0.3, -0.25) is 9.36 Å². The van der Waals surface area contributed by atoms with Gasteiger partial charge in [0.2, 0.25) is 0 Å². The number of benzene rings is 2. The Morgan fingerprint density at radius 1 is 1.13 bits per heavy atom. The fourth-order valence-electron chi connectivity index (χ4n) is 2.43. The van der Waals surface area contributed by atoms with E-state index in [1.807, 2.05) is 0 Å². The van der Waals surface area contributed by atoms with E-state index in [0.29, 0.717) is 6.07 Å². The Morgan fingerprint density at radius 3 is 2.39 bits per heavy atom. The highest BCUT2D eigenvalue weighted by Gasteiger charge is 2.18.